The molecule has 0 bridgehead atoms. The molecule has 3 aliphatic rings. The van der Waals surface area contributed by atoms with Gasteiger partial charge in [-0.2, -0.15) is 13.2 Å². The Morgan fingerprint density at radius 2 is 1.78 bits per heavy atom. The molecule has 0 aliphatic carbocycles. The fraction of sp³-hybridized carbons (Fsp3) is 0.444. The topological polar surface area (TPSA) is 103 Å². The van der Waals surface area contributed by atoms with Crippen molar-refractivity contribution in [2.45, 2.75) is 19.1 Å². The number of nitrogens with one attached hydrogen (secondary N) is 1. The van der Waals surface area contributed by atoms with Crippen molar-refractivity contribution in [2.75, 3.05) is 68.1 Å². The largest absolute Gasteiger partial charge is 0.414 e. The van der Waals surface area contributed by atoms with Gasteiger partial charge in [0.1, 0.15) is 11.7 Å². The number of halogens is 4. The number of rotatable bonds is 5. The molecule has 14 heteroatoms. The van der Waals surface area contributed by atoms with Crippen LogP contribution >= 0.6 is 0 Å². The van der Waals surface area contributed by atoms with E-state index in [9.17, 15) is 22.8 Å². The molecule has 0 saturated carbocycles. The van der Waals surface area contributed by atoms with Gasteiger partial charge in [0, 0.05) is 74.6 Å². The van der Waals surface area contributed by atoms with E-state index in [4.69, 9.17) is 4.74 Å². The maximum Gasteiger partial charge on any atom is 0.414 e. The number of aliphatic imine (C=N–C) groups is 1. The summed E-state index contributed by atoms with van der Waals surface area (Å²) in [7, 11) is 1.96. The zero-order chi connectivity index (χ0) is 29.3. The fourth-order valence-electron chi connectivity index (χ4n) is 4.97. The van der Waals surface area contributed by atoms with Gasteiger partial charge >= 0.3 is 6.18 Å². The first-order valence-corrected chi connectivity index (χ1v) is 13.1. The number of benzene rings is 1. The number of nitrogens with zero attached hydrogens (tertiary/aromatic N) is 6. The average Bonchev–Trinajstić information content (AvgIpc) is 2.95. The Morgan fingerprint density at radius 3 is 2.44 bits per heavy atom. The Labute approximate surface area is 233 Å². The second kappa shape index (κ2) is 11.5. The highest BCUT2D eigenvalue weighted by atomic mass is 19.4. The van der Waals surface area contributed by atoms with Crippen LogP contribution in [-0.2, 0) is 14.3 Å². The van der Waals surface area contributed by atoms with Gasteiger partial charge in [0.05, 0.1) is 30.2 Å². The first-order valence-electron chi connectivity index (χ1n) is 13.1. The summed E-state index contributed by atoms with van der Waals surface area (Å²) in [6, 6.07) is 2.74. The maximum atomic E-state index is 15.6. The first kappa shape index (κ1) is 28.6. The molecule has 2 amide bonds. The van der Waals surface area contributed by atoms with E-state index in [1.54, 1.807) is 0 Å². The summed E-state index contributed by atoms with van der Waals surface area (Å²) in [4.78, 5) is 42.8. The fourth-order valence-corrected chi connectivity index (χ4v) is 4.97. The van der Waals surface area contributed by atoms with Crippen molar-refractivity contribution in [3.05, 3.63) is 42.0 Å². The Bertz CT molecular complexity index is 1370. The molecule has 0 radical (unpaired) electrons. The van der Waals surface area contributed by atoms with Crippen LogP contribution in [0.25, 0.3) is 11.1 Å². The summed E-state index contributed by atoms with van der Waals surface area (Å²) in [5.74, 6) is -4.14. The molecule has 2 fully saturated rings. The molecule has 0 spiro atoms. The van der Waals surface area contributed by atoms with E-state index >= 15 is 4.39 Å². The Kier molecular flexibility index (Phi) is 8.04. The average molecular weight is 576 g/mol. The second-order valence-electron chi connectivity index (χ2n) is 10.2. The number of hydrogen-bond acceptors (Lipinski definition) is 8. The monoisotopic (exact) mass is 575 g/mol. The van der Waals surface area contributed by atoms with Gasteiger partial charge in [-0.05, 0) is 26.1 Å². The Morgan fingerprint density at radius 1 is 1.07 bits per heavy atom. The van der Waals surface area contributed by atoms with E-state index in [-0.39, 0.29) is 17.3 Å². The maximum absolute atomic E-state index is 15.6. The lowest BCUT2D eigenvalue weighted by molar-refractivity contribution is -0.124. The van der Waals surface area contributed by atoms with Gasteiger partial charge in [0.25, 0.3) is 5.91 Å². The van der Waals surface area contributed by atoms with E-state index in [1.165, 1.54) is 24.5 Å². The number of carbonyl (C=O) groups is 2. The predicted octanol–water partition coefficient (Wildman–Crippen LogP) is 2.91. The molecule has 5 rings (SSSR count). The molecular weight excluding hydrogens is 546 g/mol. The van der Waals surface area contributed by atoms with Crippen molar-refractivity contribution >= 4 is 35.4 Å². The highest BCUT2D eigenvalue weighted by molar-refractivity contribution is 6.11. The van der Waals surface area contributed by atoms with Crippen molar-refractivity contribution in [3.8, 4) is 11.1 Å². The molecule has 10 nitrogen and oxygen atoms in total. The van der Waals surface area contributed by atoms with Crippen LogP contribution < -0.4 is 15.1 Å². The molecule has 1 unspecified atom stereocenters. The Balaban J connectivity index is 1.50. The summed E-state index contributed by atoms with van der Waals surface area (Å²) < 4.78 is 62.0. The first-order chi connectivity index (χ1) is 19.5. The van der Waals surface area contributed by atoms with E-state index in [1.807, 2.05) is 23.8 Å². The summed E-state index contributed by atoms with van der Waals surface area (Å²) in [6.45, 7) is 5.99. The number of piperazine rings is 1. The molecule has 4 heterocycles. The number of morpholine rings is 1. The lowest BCUT2D eigenvalue weighted by Gasteiger charge is -2.40. The summed E-state index contributed by atoms with van der Waals surface area (Å²) in [6.07, 6.45) is -1.00. The standard InChI is InChI=1S/C27H29F4N7O3/c1-16-15-38(4-3-36(16)2)23-11-21(28)18(17-12-33-26(34-13-17)37-5-7-41-8-6-37)9-22(23)35-25(40)19-14-32-24(39)10-20(19)27(29,30)31/h9-14,16,19H,3-8,15H2,1-2H3,(H,35,40)/t16-,19?/m1/s1. The molecule has 3 aliphatic heterocycles. The van der Waals surface area contributed by atoms with Crippen molar-refractivity contribution < 1.29 is 31.9 Å². The normalized spacial score (nSPS) is 22.1. The minimum Gasteiger partial charge on any atom is -0.378 e. The molecule has 2 atom stereocenters. The number of alkyl halides is 3. The molecule has 1 aromatic heterocycles. The van der Waals surface area contributed by atoms with Crippen LogP contribution in [-0.4, -0.2) is 98.1 Å². The minimum atomic E-state index is -4.92. The van der Waals surface area contributed by atoms with Crippen LogP contribution in [0.3, 0.4) is 0 Å². The lowest BCUT2D eigenvalue weighted by atomic mass is 9.95. The molecule has 2 aromatic rings. The SMILES string of the molecule is C[C@@H]1CN(c2cc(F)c(-c3cnc(N4CCOCC4)nc3)cc2NC(=O)C2C=NC(=O)C=C2C(F)(F)F)CCN1C. The van der Waals surface area contributed by atoms with E-state index in [2.05, 4.69) is 25.2 Å². The third kappa shape index (κ3) is 6.22. The molecule has 1 N–H and O–H groups in total. The van der Waals surface area contributed by atoms with Crippen LogP contribution in [0.4, 0.5) is 34.9 Å². The zero-order valence-electron chi connectivity index (χ0n) is 22.5. The summed E-state index contributed by atoms with van der Waals surface area (Å²) in [5, 5.41) is 2.55. The quantitative estimate of drug-likeness (QED) is 0.544. The molecule has 1 aromatic carbocycles. The van der Waals surface area contributed by atoms with Crippen LogP contribution in [0, 0.1) is 11.7 Å². The number of dihydropyridines is 1. The molecule has 2 saturated heterocycles. The van der Waals surface area contributed by atoms with E-state index < -0.39 is 35.3 Å². The van der Waals surface area contributed by atoms with Gasteiger partial charge in [-0.15, -0.1) is 0 Å². The third-order valence-electron chi connectivity index (χ3n) is 7.46. The lowest BCUT2D eigenvalue weighted by Crippen LogP contribution is -2.50. The van der Waals surface area contributed by atoms with Crippen molar-refractivity contribution in [1.82, 2.24) is 14.9 Å². The predicted molar refractivity (Wildman–Crippen MR) is 145 cm³/mol. The van der Waals surface area contributed by atoms with Crippen molar-refractivity contribution in [1.29, 1.82) is 0 Å². The van der Waals surface area contributed by atoms with Crippen LogP contribution in [0.2, 0.25) is 0 Å². The minimum absolute atomic E-state index is 0.0684. The van der Waals surface area contributed by atoms with Gasteiger partial charge < -0.3 is 24.8 Å². The van der Waals surface area contributed by atoms with Crippen LogP contribution in [0.15, 0.2) is 41.2 Å². The smallest absolute Gasteiger partial charge is 0.378 e. The molecular formula is C27H29F4N7O3. The highest BCUT2D eigenvalue weighted by Crippen LogP contribution is 2.37. The van der Waals surface area contributed by atoms with E-state index in [0.29, 0.717) is 75.4 Å². The van der Waals surface area contributed by atoms with E-state index in [0.717, 1.165) is 0 Å². The van der Waals surface area contributed by atoms with Gasteiger partial charge in [-0.1, -0.05) is 0 Å². The number of anilines is 3. The van der Waals surface area contributed by atoms with Gasteiger partial charge in [-0.25, -0.2) is 19.4 Å². The Hall–Kier alpha value is -3.91. The van der Waals surface area contributed by atoms with Gasteiger partial charge in [0.2, 0.25) is 11.9 Å². The van der Waals surface area contributed by atoms with Crippen molar-refractivity contribution in [2.24, 2.45) is 10.9 Å². The number of likely N-dealkylation sites (N-methyl/N-ethyl adjacent to an activating group) is 1. The van der Waals surface area contributed by atoms with Crippen LogP contribution in [0.1, 0.15) is 6.92 Å². The number of hydrogen-bond donors (Lipinski definition) is 1. The number of carbonyl (C=O) groups excluding carboxylic acids is 2. The number of ether oxygens (including phenoxy) is 1. The highest BCUT2D eigenvalue weighted by Gasteiger charge is 2.43. The zero-order valence-corrected chi connectivity index (χ0v) is 22.5. The number of aromatic nitrogens is 2. The van der Waals surface area contributed by atoms with Gasteiger partial charge in [-0.3, -0.25) is 9.59 Å². The summed E-state index contributed by atoms with van der Waals surface area (Å²) >= 11 is 0. The molecule has 218 valence electrons. The third-order valence-corrected chi connectivity index (χ3v) is 7.46. The van der Waals surface area contributed by atoms with Gasteiger partial charge in [0.15, 0.2) is 0 Å². The second-order valence-corrected chi connectivity index (χ2v) is 10.2. The molecule has 41 heavy (non-hydrogen) atoms. The number of amides is 2. The van der Waals surface area contributed by atoms with Crippen LogP contribution in [0.5, 0.6) is 0 Å². The van der Waals surface area contributed by atoms with Crippen molar-refractivity contribution in [3.63, 3.8) is 0 Å². The summed E-state index contributed by atoms with van der Waals surface area (Å²) in [5.41, 5.74) is -0.481.